The monoisotopic (exact) mass is 349 g/mol. The van der Waals surface area contributed by atoms with E-state index < -0.39 is 0 Å². The number of hydrogen-bond donors (Lipinski definition) is 1. The Morgan fingerprint density at radius 1 is 1.30 bits per heavy atom. The van der Waals surface area contributed by atoms with Gasteiger partial charge in [0.2, 0.25) is 5.13 Å². The first-order chi connectivity index (χ1) is 11.2. The SMILES string of the molecule is CC[C@@H](C)CCCNc1nnc(SCC(=O)c2ccccc2)s1. The molecule has 0 bridgehead atoms. The van der Waals surface area contributed by atoms with Crippen molar-refractivity contribution in [2.24, 2.45) is 5.92 Å². The number of thioether (sulfide) groups is 1. The van der Waals surface area contributed by atoms with Gasteiger partial charge in [-0.15, -0.1) is 10.2 Å². The van der Waals surface area contributed by atoms with E-state index in [1.165, 1.54) is 35.9 Å². The number of anilines is 1. The predicted molar refractivity (Wildman–Crippen MR) is 98.6 cm³/mol. The van der Waals surface area contributed by atoms with Crippen molar-refractivity contribution < 1.29 is 4.79 Å². The van der Waals surface area contributed by atoms with Gasteiger partial charge in [0.15, 0.2) is 10.1 Å². The minimum Gasteiger partial charge on any atom is -0.360 e. The molecule has 6 heteroatoms. The number of aromatic nitrogens is 2. The summed E-state index contributed by atoms with van der Waals surface area (Å²) >= 11 is 2.96. The second-order valence-corrected chi connectivity index (χ2v) is 7.73. The van der Waals surface area contributed by atoms with Crippen molar-refractivity contribution in [2.75, 3.05) is 17.6 Å². The number of ketones is 1. The van der Waals surface area contributed by atoms with Crippen LogP contribution in [-0.2, 0) is 0 Å². The average molecular weight is 350 g/mol. The Labute approximate surface area is 146 Å². The van der Waals surface area contributed by atoms with Crippen molar-refractivity contribution in [1.82, 2.24) is 10.2 Å². The van der Waals surface area contributed by atoms with Crippen LogP contribution in [0.3, 0.4) is 0 Å². The molecule has 1 heterocycles. The zero-order chi connectivity index (χ0) is 16.5. The number of nitrogens with zero attached hydrogens (tertiary/aromatic N) is 2. The Bertz CT molecular complexity index is 601. The molecule has 124 valence electrons. The molecule has 1 aromatic heterocycles. The molecule has 0 amide bonds. The maximum atomic E-state index is 12.0. The molecule has 2 aromatic rings. The highest BCUT2D eigenvalue weighted by molar-refractivity contribution is 8.01. The first-order valence-corrected chi connectivity index (χ1v) is 9.77. The van der Waals surface area contributed by atoms with Crippen molar-refractivity contribution in [3.8, 4) is 0 Å². The second kappa shape index (κ2) is 9.67. The number of carbonyl (C=O) groups excluding carboxylic acids is 1. The molecule has 1 atom stereocenters. The highest BCUT2D eigenvalue weighted by atomic mass is 32.2. The van der Waals surface area contributed by atoms with Gasteiger partial charge in [0.25, 0.3) is 0 Å². The Balaban J connectivity index is 1.71. The standard InChI is InChI=1S/C17H23N3OS2/c1-3-13(2)8-7-11-18-16-19-20-17(23-16)22-12-15(21)14-9-5-4-6-10-14/h4-6,9-10,13H,3,7-8,11-12H2,1-2H3,(H,18,19)/t13-/m1/s1. The molecule has 0 saturated heterocycles. The molecule has 0 unspecified atom stereocenters. The Morgan fingerprint density at radius 2 is 2.09 bits per heavy atom. The van der Waals surface area contributed by atoms with Gasteiger partial charge in [-0.05, 0) is 18.8 Å². The smallest absolute Gasteiger partial charge is 0.206 e. The van der Waals surface area contributed by atoms with Crippen LogP contribution in [0.1, 0.15) is 43.5 Å². The zero-order valence-corrected chi connectivity index (χ0v) is 15.3. The van der Waals surface area contributed by atoms with Crippen LogP contribution < -0.4 is 5.32 Å². The number of benzene rings is 1. The molecular formula is C17H23N3OS2. The molecule has 0 saturated carbocycles. The maximum Gasteiger partial charge on any atom is 0.206 e. The summed E-state index contributed by atoms with van der Waals surface area (Å²) in [5, 5.41) is 12.4. The zero-order valence-electron chi connectivity index (χ0n) is 13.6. The van der Waals surface area contributed by atoms with Gasteiger partial charge in [-0.2, -0.15) is 0 Å². The molecule has 2 rings (SSSR count). The van der Waals surface area contributed by atoms with Crippen LogP contribution in [0.4, 0.5) is 5.13 Å². The largest absolute Gasteiger partial charge is 0.360 e. The summed E-state index contributed by atoms with van der Waals surface area (Å²) < 4.78 is 0.832. The fraction of sp³-hybridized carbons (Fsp3) is 0.471. The normalized spacial score (nSPS) is 12.1. The second-order valence-electron chi connectivity index (χ2n) is 5.53. The third-order valence-electron chi connectivity index (χ3n) is 3.68. The Kier molecular flexibility index (Phi) is 7.55. The van der Waals surface area contributed by atoms with Crippen LogP contribution in [-0.4, -0.2) is 28.3 Å². The molecule has 0 aliphatic carbocycles. The van der Waals surface area contributed by atoms with Crippen LogP contribution in [0.15, 0.2) is 34.7 Å². The first-order valence-electron chi connectivity index (χ1n) is 7.97. The van der Waals surface area contributed by atoms with Gasteiger partial charge in [-0.3, -0.25) is 4.79 Å². The summed E-state index contributed by atoms with van der Waals surface area (Å²) in [4.78, 5) is 12.0. The quantitative estimate of drug-likeness (QED) is 0.381. The molecule has 1 aromatic carbocycles. The number of carbonyl (C=O) groups is 1. The molecule has 0 aliphatic heterocycles. The van der Waals surface area contributed by atoms with Crippen LogP contribution in [0, 0.1) is 5.92 Å². The fourth-order valence-electron chi connectivity index (χ4n) is 2.02. The summed E-state index contributed by atoms with van der Waals surface area (Å²) in [5.41, 5.74) is 0.743. The van der Waals surface area contributed by atoms with Crippen molar-refractivity contribution in [3.05, 3.63) is 35.9 Å². The third kappa shape index (κ3) is 6.31. The van der Waals surface area contributed by atoms with Gasteiger partial charge in [-0.1, -0.05) is 73.7 Å². The predicted octanol–water partition coefficient (Wildman–Crippen LogP) is 4.75. The van der Waals surface area contributed by atoms with E-state index in [-0.39, 0.29) is 5.78 Å². The minimum absolute atomic E-state index is 0.119. The van der Waals surface area contributed by atoms with E-state index in [0.29, 0.717) is 5.75 Å². The van der Waals surface area contributed by atoms with E-state index >= 15 is 0 Å². The van der Waals surface area contributed by atoms with Gasteiger partial charge >= 0.3 is 0 Å². The number of rotatable bonds is 10. The molecule has 1 N–H and O–H groups in total. The highest BCUT2D eigenvalue weighted by Crippen LogP contribution is 2.26. The van der Waals surface area contributed by atoms with Crippen LogP contribution in [0.2, 0.25) is 0 Å². The van der Waals surface area contributed by atoms with E-state index in [0.717, 1.165) is 33.9 Å². The minimum atomic E-state index is 0.119. The first kappa shape index (κ1) is 17.9. The highest BCUT2D eigenvalue weighted by Gasteiger charge is 2.09. The van der Waals surface area contributed by atoms with Crippen LogP contribution in [0.5, 0.6) is 0 Å². The molecule has 4 nitrogen and oxygen atoms in total. The lowest BCUT2D eigenvalue weighted by atomic mass is 10.0. The Hall–Kier alpha value is -1.40. The molecular weight excluding hydrogens is 326 g/mol. The van der Waals surface area contributed by atoms with Crippen molar-refractivity contribution in [1.29, 1.82) is 0 Å². The summed E-state index contributed by atoms with van der Waals surface area (Å²) in [6.45, 7) is 5.43. The van der Waals surface area contributed by atoms with Gasteiger partial charge in [-0.25, -0.2) is 0 Å². The summed E-state index contributed by atoms with van der Waals surface area (Å²) in [6, 6.07) is 9.35. The summed E-state index contributed by atoms with van der Waals surface area (Å²) in [7, 11) is 0. The van der Waals surface area contributed by atoms with E-state index in [2.05, 4.69) is 29.4 Å². The van der Waals surface area contributed by atoms with E-state index in [1.807, 2.05) is 30.3 Å². The maximum absolute atomic E-state index is 12.0. The molecule has 0 aliphatic rings. The molecule has 0 radical (unpaired) electrons. The van der Waals surface area contributed by atoms with Crippen molar-refractivity contribution in [2.45, 2.75) is 37.4 Å². The lowest BCUT2D eigenvalue weighted by Gasteiger charge is -2.07. The number of Topliss-reactive ketones (excluding diaryl/α,β-unsaturated/α-hetero) is 1. The van der Waals surface area contributed by atoms with Crippen LogP contribution in [0.25, 0.3) is 0 Å². The summed E-state index contributed by atoms with van der Waals surface area (Å²) in [6.07, 6.45) is 3.61. The third-order valence-corrected chi connectivity index (χ3v) is 5.69. The van der Waals surface area contributed by atoms with Gasteiger partial charge < -0.3 is 5.32 Å². The van der Waals surface area contributed by atoms with Crippen molar-refractivity contribution in [3.63, 3.8) is 0 Å². The van der Waals surface area contributed by atoms with E-state index in [9.17, 15) is 4.79 Å². The molecule has 0 fully saturated rings. The van der Waals surface area contributed by atoms with Crippen molar-refractivity contribution >= 4 is 34.0 Å². The topological polar surface area (TPSA) is 54.9 Å². The fourth-order valence-corrected chi connectivity index (χ4v) is 3.70. The van der Waals surface area contributed by atoms with Gasteiger partial charge in [0, 0.05) is 12.1 Å². The molecule has 23 heavy (non-hydrogen) atoms. The lowest BCUT2D eigenvalue weighted by Crippen LogP contribution is -2.03. The van der Waals surface area contributed by atoms with Gasteiger partial charge in [0.1, 0.15) is 0 Å². The molecule has 0 spiro atoms. The number of hydrogen-bond acceptors (Lipinski definition) is 6. The van der Waals surface area contributed by atoms with E-state index in [4.69, 9.17) is 0 Å². The van der Waals surface area contributed by atoms with Gasteiger partial charge in [0.05, 0.1) is 5.75 Å². The van der Waals surface area contributed by atoms with Crippen LogP contribution >= 0.6 is 23.1 Å². The average Bonchev–Trinajstić information content (AvgIpc) is 3.05. The number of nitrogens with one attached hydrogen (secondary N) is 1. The van der Waals surface area contributed by atoms with E-state index in [1.54, 1.807) is 0 Å². The Morgan fingerprint density at radius 3 is 2.83 bits per heavy atom. The summed E-state index contributed by atoms with van der Waals surface area (Å²) in [5.74, 6) is 1.29. The lowest BCUT2D eigenvalue weighted by molar-refractivity contribution is 0.102.